The summed E-state index contributed by atoms with van der Waals surface area (Å²) in [4.78, 5) is 13.4. The first-order chi connectivity index (χ1) is 6.89. The van der Waals surface area contributed by atoms with Gasteiger partial charge in [-0.2, -0.15) is 0 Å². The van der Waals surface area contributed by atoms with Crippen LogP contribution < -0.4 is 0 Å². The van der Waals surface area contributed by atoms with Gasteiger partial charge in [-0.25, -0.2) is 0 Å². The van der Waals surface area contributed by atoms with Gasteiger partial charge in [-0.1, -0.05) is 12.2 Å². The van der Waals surface area contributed by atoms with Gasteiger partial charge in [0.2, 0.25) is 0 Å². The van der Waals surface area contributed by atoms with Crippen molar-refractivity contribution in [3.63, 3.8) is 0 Å². The van der Waals surface area contributed by atoms with Gasteiger partial charge in [0.15, 0.2) is 0 Å². The SMILES string of the molecule is C=CCN(CC=C)CC(=O)OC(C)(C)C. The Morgan fingerprint density at radius 2 is 1.73 bits per heavy atom. The van der Waals surface area contributed by atoms with Gasteiger partial charge < -0.3 is 4.74 Å². The molecule has 0 N–H and O–H groups in total. The van der Waals surface area contributed by atoms with Crippen LogP contribution in [0.3, 0.4) is 0 Å². The molecule has 0 saturated carbocycles. The molecular weight excluding hydrogens is 190 g/mol. The standard InChI is InChI=1S/C12H21NO2/c1-6-8-13(9-7-2)10-11(14)15-12(3,4)5/h6-7H,1-2,8-10H2,3-5H3. The molecule has 0 aliphatic carbocycles. The molecule has 0 aliphatic heterocycles. The minimum atomic E-state index is -0.425. The van der Waals surface area contributed by atoms with Crippen LogP contribution >= 0.6 is 0 Å². The van der Waals surface area contributed by atoms with E-state index in [-0.39, 0.29) is 12.5 Å². The summed E-state index contributed by atoms with van der Waals surface area (Å²) in [5.74, 6) is -0.216. The van der Waals surface area contributed by atoms with E-state index >= 15 is 0 Å². The molecule has 0 aromatic carbocycles. The minimum absolute atomic E-state index is 0.216. The average molecular weight is 211 g/mol. The third-order valence-electron chi connectivity index (χ3n) is 1.55. The van der Waals surface area contributed by atoms with Crippen LogP contribution in [0, 0.1) is 0 Å². The minimum Gasteiger partial charge on any atom is -0.459 e. The molecule has 86 valence electrons. The van der Waals surface area contributed by atoms with Crippen molar-refractivity contribution >= 4 is 5.97 Å². The van der Waals surface area contributed by atoms with Crippen LogP contribution in [-0.4, -0.2) is 36.1 Å². The molecule has 0 aromatic heterocycles. The molecule has 0 aliphatic rings. The van der Waals surface area contributed by atoms with Crippen molar-refractivity contribution < 1.29 is 9.53 Å². The number of carbonyl (C=O) groups is 1. The Morgan fingerprint density at radius 3 is 2.07 bits per heavy atom. The topological polar surface area (TPSA) is 29.5 Å². The fourth-order valence-electron chi connectivity index (χ4n) is 1.13. The molecule has 0 unspecified atom stereocenters. The maximum atomic E-state index is 11.5. The lowest BCUT2D eigenvalue weighted by Gasteiger charge is -2.23. The number of nitrogens with zero attached hydrogens (tertiary/aromatic N) is 1. The molecular formula is C12H21NO2. The highest BCUT2D eigenvalue weighted by Gasteiger charge is 2.17. The van der Waals surface area contributed by atoms with Gasteiger partial charge in [0.1, 0.15) is 5.60 Å². The highest BCUT2D eigenvalue weighted by molar-refractivity contribution is 5.72. The van der Waals surface area contributed by atoms with Gasteiger partial charge in [0, 0.05) is 13.1 Å². The van der Waals surface area contributed by atoms with E-state index in [0.29, 0.717) is 13.1 Å². The van der Waals surface area contributed by atoms with Crippen molar-refractivity contribution in [3.8, 4) is 0 Å². The van der Waals surface area contributed by atoms with Gasteiger partial charge in [0.05, 0.1) is 6.54 Å². The van der Waals surface area contributed by atoms with Gasteiger partial charge >= 0.3 is 5.97 Å². The van der Waals surface area contributed by atoms with E-state index in [0.717, 1.165) is 0 Å². The first kappa shape index (κ1) is 13.9. The molecule has 0 saturated heterocycles. The van der Waals surface area contributed by atoms with Crippen molar-refractivity contribution in [2.45, 2.75) is 26.4 Å². The Hall–Kier alpha value is -1.09. The zero-order valence-corrected chi connectivity index (χ0v) is 9.95. The molecule has 0 rings (SSSR count). The number of esters is 1. The second kappa shape index (κ2) is 6.40. The van der Waals surface area contributed by atoms with Crippen LogP contribution in [0.2, 0.25) is 0 Å². The van der Waals surface area contributed by atoms with E-state index in [2.05, 4.69) is 13.2 Å². The maximum absolute atomic E-state index is 11.5. The summed E-state index contributed by atoms with van der Waals surface area (Å²) in [6.45, 7) is 14.4. The van der Waals surface area contributed by atoms with E-state index in [1.54, 1.807) is 12.2 Å². The molecule has 0 bridgehead atoms. The Labute approximate surface area is 92.4 Å². The van der Waals surface area contributed by atoms with Gasteiger partial charge in [-0.05, 0) is 20.8 Å². The lowest BCUT2D eigenvalue weighted by molar-refractivity contribution is -0.155. The predicted octanol–water partition coefficient (Wildman–Crippen LogP) is 2.00. The van der Waals surface area contributed by atoms with E-state index in [9.17, 15) is 4.79 Å². The molecule has 0 atom stereocenters. The van der Waals surface area contributed by atoms with E-state index < -0.39 is 5.60 Å². The van der Waals surface area contributed by atoms with Gasteiger partial charge in [-0.3, -0.25) is 9.69 Å². The Bertz CT molecular complexity index is 218. The molecule has 0 heterocycles. The molecule has 3 nitrogen and oxygen atoms in total. The van der Waals surface area contributed by atoms with Crippen LogP contribution in [0.4, 0.5) is 0 Å². The van der Waals surface area contributed by atoms with Gasteiger partial charge in [-0.15, -0.1) is 13.2 Å². The van der Waals surface area contributed by atoms with Crippen molar-refractivity contribution in [1.82, 2.24) is 4.90 Å². The zero-order chi connectivity index (χ0) is 11.9. The van der Waals surface area contributed by atoms with Crippen molar-refractivity contribution in [1.29, 1.82) is 0 Å². The third-order valence-corrected chi connectivity index (χ3v) is 1.55. The fourth-order valence-corrected chi connectivity index (χ4v) is 1.13. The number of carbonyl (C=O) groups excluding carboxylic acids is 1. The highest BCUT2D eigenvalue weighted by atomic mass is 16.6. The normalized spacial score (nSPS) is 11.2. The zero-order valence-electron chi connectivity index (χ0n) is 9.95. The molecule has 0 radical (unpaired) electrons. The summed E-state index contributed by atoms with van der Waals surface area (Å²) in [5, 5.41) is 0. The Kier molecular flexibility index (Phi) is 5.94. The fraction of sp³-hybridized carbons (Fsp3) is 0.583. The van der Waals surface area contributed by atoms with E-state index in [4.69, 9.17) is 4.74 Å². The molecule has 0 spiro atoms. The predicted molar refractivity (Wildman–Crippen MR) is 62.7 cm³/mol. The monoisotopic (exact) mass is 211 g/mol. The number of ether oxygens (including phenoxy) is 1. The largest absolute Gasteiger partial charge is 0.459 e. The van der Waals surface area contributed by atoms with Crippen LogP contribution in [0.5, 0.6) is 0 Å². The highest BCUT2D eigenvalue weighted by Crippen LogP contribution is 2.07. The third kappa shape index (κ3) is 7.94. The van der Waals surface area contributed by atoms with Crippen molar-refractivity contribution in [2.75, 3.05) is 19.6 Å². The van der Waals surface area contributed by atoms with E-state index in [1.165, 1.54) is 0 Å². The smallest absolute Gasteiger partial charge is 0.320 e. The quantitative estimate of drug-likeness (QED) is 0.497. The van der Waals surface area contributed by atoms with Crippen LogP contribution in [0.15, 0.2) is 25.3 Å². The summed E-state index contributed by atoms with van der Waals surface area (Å²) < 4.78 is 5.21. The lowest BCUT2D eigenvalue weighted by Crippen LogP contribution is -2.35. The summed E-state index contributed by atoms with van der Waals surface area (Å²) in [7, 11) is 0. The summed E-state index contributed by atoms with van der Waals surface area (Å²) in [6.07, 6.45) is 3.52. The lowest BCUT2D eigenvalue weighted by atomic mass is 10.2. The molecule has 0 fully saturated rings. The number of hydrogen-bond acceptors (Lipinski definition) is 3. The number of rotatable bonds is 6. The first-order valence-corrected chi connectivity index (χ1v) is 5.05. The van der Waals surface area contributed by atoms with Crippen LogP contribution in [-0.2, 0) is 9.53 Å². The molecule has 15 heavy (non-hydrogen) atoms. The maximum Gasteiger partial charge on any atom is 0.320 e. The summed E-state index contributed by atoms with van der Waals surface area (Å²) in [5.41, 5.74) is -0.425. The van der Waals surface area contributed by atoms with Gasteiger partial charge in [0.25, 0.3) is 0 Å². The Balaban J connectivity index is 4.10. The van der Waals surface area contributed by atoms with E-state index in [1.807, 2.05) is 25.7 Å². The number of hydrogen-bond donors (Lipinski definition) is 0. The first-order valence-electron chi connectivity index (χ1n) is 5.05. The van der Waals surface area contributed by atoms with Crippen LogP contribution in [0.25, 0.3) is 0 Å². The summed E-state index contributed by atoms with van der Waals surface area (Å²) in [6, 6.07) is 0. The Morgan fingerprint density at radius 1 is 1.27 bits per heavy atom. The van der Waals surface area contributed by atoms with Crippen LogP contribution in [0.1, 0.15) is 20.8 Å². The molecule has 0 amide bonds. The second-order valence-corrected chi connectivity index (χ2v) is 4.36. The van der Waals surface area contributed by atoms with Crippen molar-refractivity contribution in [3.05, 3.63) is 25.3 Å². The second-order valence-electron chi connectivity index (χ2n) is 4.36. The molecule has 3 heteroatoms. The average Bonchev–Trinajstić information content (AvgIpc) is 2.00. The summed E-state index contributed by atoms with van der Waals surface area (Å²) >= 11 is 0. The molecule has 0 aromatic rings. The van der Waals surface area contributed by atoms with Crippen molar-refractivity contribution in [2.24, 2.45) is 0 Å².